The Balaban J connectivity index is -0.000000459. The topological polar surface area (TPSA) is 522 Å². The second-order valence-corrected chi connectivity index (χ2v) is 30.6. The number of hydrogen-bond acceptors (Lipinski definition) is 26. The average molecular weight is 1500 g/mol. The lowest BCUT2D eigenvalue weighted by Gasteiger charge is -2.08. The minimum Gasteiger partial charge on any atom is -0.750 e. The minimum absolute atomic E-state index is 0.190. The molecule has 0 spiro atoms. The molecule has 1 atom stereocenters. The lowest BCUT2D eigenvalue weighted by atomic mass is 10.2. The van der Waals surface area contributed by atoms with E-state index in [1.54, 1.807) is 78.8 Å². The number of para-hydroxylation sites is 2. The van der Waals surface area contributed by atoms with E-state index in [4.69, 9.17) is 65.9 Å². The number of aromatic nitrogens is 10. The van der Waals surface area contributed by atoms with Gasteiger partial charge < -0.3 is 27.8 Å². The van der Waals surface area contributed by atoms with E-state index in [-0.39, 0.29) is 5.92 Å². The fourth-order valence-corrected chi connectivity index (χ4v) is 9.19. The van der Waals surface area contributed by atoms with Crippen LogP contribution in [0.1, 0.15) is 37.2 Å². The maximum atomic E-state index is 11.4. The Morgan fingerprint density at radius 2 is 0.933 bits per heavy atom. The van der Waals surface area contributed by atoms with Crippen molar-refractivity contribution in [1.82, 2.24) is 24.8 Å². The first kappa shape index (κ1) is 89.8. The predicted molar refractivity (Wildman–Crippen MR) is 282 cm³/mol. The largest absolute Gasteiger partial charge is 0.750 e. The molecular weight excluding hydrogens is 1450 g/mol. The van der Waals surface area contributed by atoms with Crippen molar-refractivity contribution in [3.63, 3.8) is 0 Å². The first-order valence-electron chi connectivity index (χ1n) is 21.4. The molecule has 89 heavy (non-hydrogen) atoms. The Morgan fingerprint density at radius 1 is 0.573 bits per heavy atom. The molecule has 0 saturated carbocycles. The standard InChI is InChI=1S/C9H11N2O2S.C8H15N2O2S.C6H11N2O2S.C5H9N2O2S.C5H8N2O2S.2CHF3O3S.2FHO3S.H2O4S/c1-10-7-11(14(2,12)13)9-6-4-3-5-8(9)10;1-7(2)8-9(3)5-6-10(8)13(4,11)12;1-6-7(2)4-5-8(6)11(3,9)10;1-6-3-4-7(5-6)10(2,8)9;1-5-6-3-4-7(5)10(2,8)9;2*2-1(3,4)8(5,6)7;2*1-5(2,3)4;1-4-5(2)3/h3-7H,1-2H3;5-7H,1-4H3;4-5H,1-3H3;3-5H,1-2H3;3-4H,1-2H3;2*(H,5,6,7);2*(H,2,3,4);1H,(H,2,3)/q4*+1;;;;;;/p-5. The number of hydrogen-bond donors (Lipinski definition) is 1. The van der Waals surface area contributed by atoms with Crippen molar-refractivity contribution in [1.29, 1.82) is 0 Å². The van der Waals surface area contributed by atoms with Gasteiger partial charge in [0.1, 0.15) is 43.0 Å². The highest BCUT2D eigenvalue weighted by atomic mass is 32.3. The molecule has 1 aromatic carbocycles. The van der Waals surface area contributed by atoms with Gasteiger partial charge in [0.05, 0.1) is 76.7 Å². The highest BCUT2D eigenvalue weighted by Crippen LogP contribution is 2.21. The molecule has 1 N–H and O–H groups in total. The Morgan fingerprint density at radius 3 is 1.15 bits per heavy atom. The molecule has 54 heteroatoms. The van der Waals surface area contributed by atoms with Crippen molar-refractivity contribution >= 4 is 114 Å². The van der Waals surface area contributed by atoms with Gasteiger partial charge in [-0.15, -0.1) is 23.7 Å². The van der Waals surface area contributed by atoms with Gasteiger partial charge in [-0.1, -0.05) is 26.0 Å². The maximum Gasteiger partial charge on any atom is 0.522 e. The van der Waals surface area contributed by atoms with Crippen LogP contribution in [0.2, 0.25) is 0 Å². The first-order valence-corrected chi connectivity index (χ1v) is 37.1. The van der Waals surface area contributed by atoms with E-state index in [9.17, 15) is 76.2 Å². The van der Waals surface area contributed by atoms with Crippen molar-refractivity contribution in [2.45, 2.75) is 44.6 Å². The highest BCUT2D eigenvalue weighted by molar-refractivity contribution is 7.90. The summed E-state index contributed by atoms with van der Waals surface area (Å²) in [6.45, 7) is 7.33. The quantitative estimate of drug-likeness (QED) is 0.0236. The van der Waals surface area contributed by atoms with Gasteiger partial charge in [-0.2, -0.15) is 68.4 Å². The summed E-state index contributed by atoms with van der Waals surface area (Å²) in [6.07, 6.45) is 21.5. The van der Waals surface area contributed by atoms with Gasteiger partial charge in [0.25, 0.3) is 45.3 Å². The van der Waals surface area contributed by atoms with Crippen molar-refractivity contribution in [2.24, 2.45) is 28.2 Å². The number of benzene rings is 1. The number of fused-ring (bicyclic) bond motifs is 1. The number of nitrogens with zero attached hydrogens (tertiary/aromatic N) is 10. The summed E-state index contributed by atoms with van der Waals surface area (Å²) < 4.78 is 331. The number of rotatable bonds is 7. The summed E-state index contributed by atoms with van der Waals surface area (Å²) in [5.41, 5.74) is -9.57. The maximum absolute atomic E-state index is 11.4. The van der Waals surface area contributed by atoms with Gasteiger partial charge >= 0.3 is 61.2 Å². The molecule has 5 heterocycles. The predicted octanol–water partition coefficient (Wildman–Crippen LogP) is -3.58. The monoisotopic (exact) mass is 1500 g/mol. The Kier molecular flexibility index (Phi) is 35.6. The zero-order valence-electron chi connectivity index (χ0n) is 47.4. The molecule has 0 fully saturated rings. The van der Waals surface area contributed by atoms with Gasteiger partial charge in [0.2, 0.25) is 10.0 Å². The molecule has 518 valence electrons. The fraction of sp³-hybridized carbons (Fsp3) is 0.457. The fourth-order valence-electron chi connectivity index (χ4n) is 5.13. The van der Waals surface area contributed by atoms with Crippen molar-refractivity contribution in [2.75, 3.05) is 31.3 Å². The van der Waals surface area contributed by atoms with Crippen LogP contribution in [-0.4, -0.2) is 170 Å². The summed E-state index contributed by atoms with van der Waals surface area (Å²) in [5, 5.41) is 8.52. The molecule has 0 radical (unpaired) electrons. The van der Waals surface area contributed by atoms with Gasteiger partial charge in [-0.05, 0) is 19.1 Å². The SMILES string of the molecule is CC(C)c1n(S(C)(=O)=O)cc[n+]1C.C[n+]1ccn(S(C)(=O)=O)c1.C[n+]1cn(S(C)(=O)=O)c2ccccc21.Cc1n(S(C)(=O)=O)cc[n+]1C.Cc1nccn1S(C)(=O)=O.O=S(=O)(O)C(F)(F)F.O=S(=O)([O-])C(F)(F)F.O=S(=O)([O-])F.O=S(=O)([O-])F.O=S([O-])O[O-]. The zero-order valence-corrected chi connectivity index (χ0v) is 55.6. The number of aryl methyl sites for hydroxylation is 5. The van der Waals surface area contributed by atoms with Gasteiger partial charge in [0, 0.05) is 19.3 Å². The molecule has 0 aliphatic heterocycles. The number of imidazole rings is 5. The zero-order chi connectivity index (χ0) is 72.1. The normalized spacial score (nSPS) is 12.5. The average Bonchev–Trinajstić information content (AvgIpc) is 1.81. The van der Waals surface area contributed by atoms with Crippen LogP contribution in [0.3, 0.4) is 0 Å². The molecule has 0 aliphatic carbocycles. The van der Waals surface area contributed by atoms with Gasteiger partial charge in [0.15, 0.2) is 21.2 Å². The van der Waals surface area contributed by atoms with E-state index in [0.717, 1.165) is 31.8 Å². The molecule has 0 saturated heterocycles. The number of alkyl halides is 6. The summed E-state index contributed by atoms with van der Waals surface area (Å²) in [6, 6.07) is 7.38. The van der Waals surface area contributed by atoms with Crippen molar-refractivity contribution < 1.29 is 165 Å². The van der Waals surface area contributed by atoms with E-state index >= 15 is 0 Å². The van der Waals surface area contributed by atoms with E-state index in [2.05, 4.69) is 9.32 Å². The van der Waals surface area contributed by atoms with Crippen LogP contribution in [-0.2, 0) is 135 Å². The van der Waals surface area contributed by atoms with Crippen LogP contribution in [0.25, 0.3) is 11.0 Å². The van der Waals surface area contributed by atoms with Crippen LogP contribution >= 0.6 is 0 Å². The molecule has 0 bridgehead atoms. The highest BCUT2D eigenvalue weighted by Gasteiger charge is 2.44. The second-order valence-electron chi connectivity index (χ2n) is 16.4. The summed E-state index contributed by atoms with van der Waals surface area (Å²) in [5.74, 6) is 2.17. The van der Waals surface area contributed by atoms with Crippen LogP contribution in [0.5, 0.6) is 0 Å². The van der Waals surface area contributed by atoms with Crippen LogP contribution < -0.4 is 23.5 Å². The molecule has 6 aromatic rings. The van der Waals surface area contributed by atoms with E-state index in [1.165, 1.54) is 61.8 Å². The minimum atomic E-state index is -6.09. The van der Waals surface area contributed by atoms with Crippen LogP contribution in [0.4, 0.5) is 34.1 Å². The van der Waals surface area contributed by atoms with Crippen LogP contribution in [0, 0.1) is 13.8 Å². The lowest BCUT2D eigenvalue weighted by molar-refractivity contribution is -0.679. The smallest absolute Gasteiger partial charge is 0.522 e. The Bertz CT molecular complexity index is 4270. The molecule has 1 unspecified atom stereocenters. The van der Waals surface area contributed by atoms with Crippen molar-refractivity contribution in [3.8, 4) is 0 Å². The van der Waals surface area contributed by atoms with Gasteiger partial charge in [-0.25, -0.2) is 65.1 Å². The van der Waals surface area contributed by atoms with Crippen LogP contribution in [0.15, 0.2) is 86.5 Å². The molecular formula is C35H55F8N10O26S10-. The summed E-state index contributed by atoms with van der Waals surface area (Å²) in [7, 11) is -31.2. The second kappa shape index (κ2) is 35.3. The Hall–Kier alpha value is -5.61. The first-order chi connectivity index (χ1) is 39.0. The lowest BCUT2D eigenvalue weighted by Crippen LogP contribution is -2.34. The molecule has 0 amide bonds. The third-order valence-electron chi connectivity index (χ3n) is 8.53. The van der Waals surface area contributed by atoms with Crippen molar-refractivity contribution in [3.05, 3.63) is 104 Å². The van der Waals surface area contributed by atoms with E-state index in [1.807, 2.05) is 50.7 Å². The Labute approximate surface area is 508 Å². The van der Waals surface area contributed by atoms with E-state index < -0.39 is 114 Å². The summed E-state index contributed by atoms with van der Waals surface area (Å²) in [4.78, 5) is 3.77. The molecule has 6 rings (SSSR count). The van der Waals surface area contributed by atoms with Gasteiger partial charge in [-0.3, -0.25) is 4.55 Å². The third-order valence-corrected chi connectivity index (χ3v) is 15.0. The van der Waals surface area contributed by atoms with E-state index in [0.29, 0.717) is 17.2 Å². The third kappa shape index (κ3) is 39.3. The molecule has 5 aromatic heterocycles. The molecule has 0 aliphatic rings. The number of halogens is 8. The summed E-state index contributed by atoms with van der Waals surface area (Å²) >= 11 is -2.88. The molecule has 36 nitrogen and oxygen atoms in total.